The summed E-state index contributed by atoms with van der Waals surface area (Å²) in [7, 11) is 0. The van der Waals surface area contributed by atoms with E-state index in [1.165, 1.54) is 18.3 Å². The Hall–Kier alpha value is -5.15. The number of nitro benzene ring substituents is 1. The molecule has 3 rings (SSSR count). The molecule has 0 spiro atoms. The maximum Gasteiger partial charge on any atom is 0.329 e. The Morgan fingerprint density at radius 1 is 1.09 bits per heavy atom. The molecule has 0 aliphatic carbocycles. The highest BCUT2D eigenvalue weighted by molar-refractivity contribution is 6.00. The lowest BCUT2D eigenvalue weighted by Crippen LogP contribution is -2.44. The van der Waals surface area contributed by atoms with Crippen molar-refractivity contribution < 1.29 is 28.8 Å². The van der Waals surface area contributed by atoms with Gasteiger partial charge >= 0.3 is 11.9 Å². The predicted octanol–water partition coefficient (Wildman–Crippen LogP) is 2.38. The first kappa shape index (κ1) is 32.4. The normalized spacial score (nSPS) is 12.3. The molecule has 5 N–H and O–H groups in total. The number of hydrogen-bond donors (Lipinski definition) is 4. The van der Waals surface area contributed by atoms with Crippen LogP contribution in [0.1, 0.15) is 70.4 Å². The molecule has 0 saturated heterocycles. The molecule has 16 nitrogen and oxygen atoms in total. The van der Waals surface area contributed by atoms with E-state index in [1.54, 1.807) is 41.5 Å². The maximum absolute atomic E-state index is 13.2. The lowest BCUT2D eigenvalue weighted by Gasteiger charge is -2.25. The first-order chi connectivity index (χ1) is 19.9. The second-order valence-corrected chi connectivity index (χ2v) is 11.5. The number of ether oxygens (including phenoxy) is 2. The van der Waals surface area contributed by atoms with Gasteiger partial charge in [-0.25, -0.2) is 14.8 Å². The van der Waals surface area contributed by atoms with Gasteiger partial charge in [-0.3, -0.25) is 29.5 Å². The van der Waals surface area contributed by atoms with Crippen molar-refractivity contribution in [2.24, 2.45) is 0 Å². The quantitative estimate of drug-likeness (QED) is 0.149. The second-order valence-electron chi connectivity index (χ2n) is 11.5. The topological polar surface area (TPSA) is 234 Å². The van der Waals surface area contributed by atoms with Crippen LogP contribution in [0.15, 0.2) is 29.2 Å². The molecule has 230 valence electrons. The Balaban J connectivity index is 1.78. The smallest absolute Gasteiger partial charge is 0.329 e. The Morgan fingerprint density at radius 3 is 2.40 bits per heavy atom. The minimum atomic E-state index is -1.28. The third kappa shape index (κ3) is 9.44. The number of esters is 2. The molecule has 0 fully saturated rings. The van der Waals surface area contributed by atoms with Crippen LogP contribution in [0.2, 0.25) is 0 Å². The molecule has 1 amide bonds. The number of nitro groups is 1. The van der Waals surface area contributed by atoms with Gasteiger partial charge in [0, 0.05) is 18.2 Å². The number of aromatic amines is 1. The van der Waals surface area contributed by atoms with Gasteiger partial charge in [-0.15, -0.1) is 0 Å². The van der Waals surface area contributed by atoms with Gasteiger partial charge in [-0.05, 0) is 60.1 Å². The molecule has 0 aliphatic heterocycles. The first-order valence-corrected chi connectivity index (χ1v) is 13.2. The number of aromatic nitrogens is 4. The summed E-state index contributed by atoms with van der Waals surface area (Å²) in [6.45, 7) is 10.0. The SMILES string of the molecule is CC(C)(C)OC(=O)CCC(NC(=O)c1ccc(NCc2cnc3nc(N)[nH]c(=O)c3n2)cc1[N+](=O)[O-])C(=O)OC(C)(C)C. The lowest BCUT2D eigenvalue weighted by molar-refractivity contribution is -0.385. The van der Waals surface area contributed by atoms with Crippen LogP contribution >= 0.6 is 0 Å². The summed E-state index contributed by atoms with van der Waals surface area (Å²) in [6.07, 6.45) is 1.01. The minimum Gasteiger partial charge on any atom is -0.460 e. The highest BCUT2D eigenvalue weighted by Crippen LogP contribution is 2.24. The van der Waals surface area contributed by atoms with Crippen molar-refractivity contribution in [3.8, 4) is 0 Å². The summed E-state index contributed by atoms with van der Waals surface area (Å²) in [5.41, 5.74) is 3.07. The molecule has 16 heteroatoms. The number of fused-ring (bicyclic) bond motifs is 1. The number of H-pyrrole nitrogens is 1. The predicted molar refractivity (Wildman–Crippen MR) is 155 cm³/mol. The van der Waals surface area contributed by atoms with Crippen LogP contribution in [0.3, 0.4) is 0 Å². The largest absolute Gasteiger partial charge is 0.460 e. The second kappa shape index (κ2) is 12.8. The number of nitrogens with one attached hydrogen (secondary N) is 3. The van der Waals surface area contributed by atoms with E-state index in [0.717, 1.165) is 6.07 Å². The number of benzene rings is 1. The summed E-state index contributed by atoms with van der Waals surface area (Å²) in [5, 5.41) is 17.3. The Morgan fingerprint density at radius 2 is 1.77 bits per heavy atom. The number of carbonyl (C=O) groups is 3. The molecule has 0 aliphatic rings. The monoisotopic (exact) mass is 598 g/mol. The lowest BCUT2D eigenvalue weighted by atomic mass is 10.1. The van der Waals surface area contributed by atoms with Crippen LogP contribution in [0.5, 0.6) is 0 Å². The Labute approximate surface area is 245 Å². The average molecular weight is 599 g/mol. The molecule has 1 aromatic carbocycles. The van der Waals surface area contributed by atoms with Gasteiger partial charge in [0.15, 0.2) is 11.2 Å². The zero-order valence-corrected chi connectivity index (χ0v) is 24.6. The van der Waals surface area contributed by atoms with E-state index in [2.05, 4.69) is 30.6 Å². The van der Waals surface area contributed by atoms with Crippen LogP contribution in [0.25, 0.3) is 11.2 Å². The summed E-state index contributed by atoms with van der Waals surface area (Å²) in [4.78, 5) is 76.0. The Bertz CT molecular complexity index is 1610. The van der Waals surface area contributed by atoms with E-state index in [1.807, 2.05) is 0 Å². The molecule has 1 unspecified atom stereocenters. The van der Waals surface area contributed by atoms with E-state index in [0.29, 0.717) is 5.69 Å². The van der Waals surface area contributed by atoms with Crippen molar-refractivity contribution >= 4 is 46.3 Å². The van der Waals surface area contributed by atoms with Gasteiger partial charge in [0.25, 0.3) is 17.2 Å². The summed E-state index contributed by atoms with van der Waals surface area (Å²) in [5.74, 6) is -2.41. The van der Waals surface area contributed by atoms with E-state index in [-0.39, 0.29) is 47.7 Å². The molecular weight excluding hydrogens is 564 g/mol. The highest BCUT2D eigenvalue weighted by atomic mass is 16.6. The fourth-order valence-electron chi connectivity index (χ4n) is 3.75. The number of nitrogens with two attached hydrogens (primary N) is 1. The molecule has 2 heterocycles. The standard InChI is InChI=1S/C27H34N8O8/c1-26(2,3)42-19(36)10-9-17(24(39)43-27(4,5)6)32-22(37)16-8-7-14(11-18(16)35(40)41)29-12-15-13-30-21-20(31-15)23(38)34-25(28)33-21/h7-8,11,13,17,29H,9-10,12H2,1-6H3,(H,32,37)(H3,28,30,33,34,38). The molecular formula is C27H34N8O8. The molecule has 1 atom stereocenters. The van der Waals surface area contributed by atoms with Gasteiger partial charge in [-0.1, -0.05) is 0 Å². The van der Waals surface area contributed by atoms with Crippen molar-refractivity contribution in [2.75, 3.05) is 11.1 Å². The minimum absolute atomic E-state index is 0.0286. The molecule has 0 bridgehead atoms. The van der Waals surface area contributed by atoms with E-state index in [9.17, 15) is 29.3 Å². The number of amides is 1. The number of carbonyl (C=O) groups excluding carboxylic acids is 3. The fraction of sp³-hybridized carbons (Fsp3) is 0.444. The average Bonchev–Trinajstić information content (AvgIpc) is 2.87. The third-order valence-electron chi connectivity index (χ3n) is 5.45. The fourth-order valence-corrected chi connectivity index (χ4v) is 3.75. The summed E-state index contributed by atoms with van der Waals surface area (Å²) < 4.78 is 10.7. The van der Waals surface area contributed by atoms with Crippen molar-refractivity contribution in [3.05, 3.63) is 56.1 Å². The van der Waals surface area contributed by atoms with Gasteiger partial charge < -0.3 is 25.8 Å². The maximum atomic E-state index is 13.2. The van der Waals surface area contributed by atoms with E-state index < -0.39 is 51.3 Å². The molecule has 43 heavy (non-hydrogen) atoms. The zero-order valence-electron chi connectivity index (χ0n) is 24.6. The third-order valence-corrected chi connectivity index (χ3v) is 5.45. The highest BCUT2D eigenvalue weighted by Gasteiger charge is 2.30. The molecule has 0 saturated carbocycles. The van der Waals surface area contributed by atoms with E-state index >= 15 is 0 Å². The van der Waals surface area contributed by atoms with Crippen molar-refractivity contribution in [1.82, 2.24) is 25.3 Å². The number of rotatable bonds is 10. The van der Waals surface area contributed by atoms with E-state index in [4.69, 9.17) is 15.2 Å². The number of nitrogens with zero attached hydrogens (tertiary/aromatic N) is 4. The molecule has 2 aromatic heterocycles. The first-order valence-electron chi connectivity index (χ1n) is 13.2. The molecule has 0 radical (unpaired) electrons. The number of hydrogen-bond acceptors (Lipinski definition) is 13. The van der Waals surface area contributed by atoms with Crippen molar-refractivity contribution in [2.45, 2.75) is 78.2 Å². The van der Waals surface area contributed by atoms with Crippen molar-refractivity contribution in [1.29, 1.82) is 0 Å². The van der Waals surface area contributed by atoms with Gasteiger partial charge in [0.05, 0.1) is 23.4 Å². The van der Waals surface area contributed by atoms with Gasteiger partial charge in [0.1, 0.15) is 22.8 Å². The van der Waals surface area contributed by atoms with Gasteiger partial charge in [-0.2, -0.15) is 4.98 Å². The van der Waals surface area contributed by atoms with Crippen LogP contribution in [0.4, 0.5) is 17.3 Å². The summed E-state index contributed by atoms with van der Waals surface area (Å²) >= 11 is 0. The van der Waals surface area contributed by atoms with Crippen LogP contribution in [-0.4, -0.2) is 59.9 Å². The van der Waals surface area contributed by atoms with Crippen LogP contribution < -0.4 is 21.9 Å². The number of anilines is 2. The summed E-state index contributed by atoms with van der Waals surface area (Å²) in [6, 6.07) is 2.51. The van der Waals surface area contributed by atoms with Crippen LogP contribution in [-0.2, 0) is 25.6 Å². The zero-order chi connectivity index (χ0) is 32.1. The van der Waals surface area contributed by atoms with Gasteiger partial charge in [0.2, 0.25) is 5.95 Å². The van der Waals surface area contributed by atoms with Crippen LogP contribution in [0, 0.1) is 10.1 Å². The molecule has 3 aromatic rings. The number of nitrogen functional groups attached to an aromatic ring is 1. The van der Waals surface area contributed by atoms with Crippen molar-refractivity contribution in [3.63, 3.8) is 0 Å². The Kier molecular flexibility index (Phi) is 9.63.